The largest absolute Gasteiger partial charge is 0.356 e. The summed E-state index contributed by atoms with van der Waals surface area (Å²) in [4.78, 5) is 12.3. The third kappa shape index (κ3) is 7.49. The Balaban J connectivity index is 0.00000361. The number of rotatable bonds is 7. The van der Waals surface area contributed by atoms with Crippen molar-refractivity contribution in [2.75, 3.05) is 6.54 Å². The second-order valence-corrected chi connectivity index (χ2v) is 6.65. The van der Waals surface area contributed by atoms with E-state index in [-0.39, 0.29) is 30.3 Å². The van der Waals surface area contributed by atoms with Gasteiger partial charge in [0.05, 0.1) is 0 Å². The van der Waals surface area contributed by atoms with Crippen LogP contribution < -0.4 is 11.1 Å². The normalized spacial score (nSPS) is 19.2. The number of carbonyl (C=O) groups is 1. The molecule has 1 rings (SSSR count). The molecule has 3 N–H and O–H groups in total. The molecule has 0 aromatic rings. The molecule has 0 bridgehead atoms. The summed E-state index contributed by atoms with van der Waals surface area (Å²) in [6, 6.07) is 0.163. The van der Waals surface area contributed by atoms with Crippen LogP contribution in [0.4, 0.5) is 0 Å². The number of carbonyl (C=O) groups excluding carboxylic acids is 1. The van der Waals surface area contributed by atoms with Gasteiger partial charge in [-0.25, -0.2) is 0 Å². The van der Waals surface area contributed by atoms with E-state index in [1.807, 2.05) is 6.92 Å². The lowest BCUT2D eigenvalue weighted by atomic mass is 9.79. The Bertz CT molecular complexity index is 263. The zero-order chi connectivity index (χ0) is 14.3. The number of nitrogens with one attached hydrogen (secondary N) is 1. The van der Waals surface area contributed by atoms with Gasteiger partial charge in [-0.1, -0.05) is 46.0 Å². The molecule has 0 heterocycles. The summed E-state index contributed by atoms with van der Waals surface area (Å²) in [5, 5.41) is 3.07. The summed E-state index contributed by atoms with van der Waals surface area (Å²) in [5.41, 5.74) is 5.71. The molecular formula is C16H33ClN2O. The standard InChI is InChI=1S/C16H32N2O.ClH/c1-12(2)15(11-14-7-5-4-6-8-14)16(19)18-10-9-13(3)17;/h12-15H,4-11,17H2,1-3H3,(H,18,19);1H. The smallest absolute Gasteiger partial charge is 0.223 e. The number of halogens is 1. The Morgan fingerprint density at radius 3 is 2.30 bits per heavy atom. The van der Waals surface area contributed by atoms with Crippen molar-refractivity contribution in [2.45, 2.75) is 71.8 Å². The van der Waals surface area contributed by atoms with Crippen molar-refractivity contribution in [1.29, 1.82) is 0 Å². The Labute approximate surface area is 130 Å². The average molecular weight is 305 g/mol. The number of nitrogens with two attached hydrogens (primary N) is 1. The molecular weight excluding hydrogens is 272 g/mol. The van der Waals surface area contributed by atoms with Crippen molar-refractivity contribution in [3.05, 3.63) is 0 Å². The summed E-state index contributed by atoms with van der Waals surface area (Å²) in [6.07, 6.45) is 8.64. The maximum Gasteiger partial charge on any atom is 0.223 e. The molecule has 2 unspecified atom stereocenters. The van der Waals surface area contributed by atoms with Crippen LogP contribution in [0.3, 0.4) is 0 Å². The lowest BCUT2D eigenvalue weighted by molar-refractivity contribution is -0.127. The third-order valence-electron chi connectivity index (χ3n) is 4.35. The fraction of sp³-hybridized carbons (Fsp3) is 0.938. The van der Waals surface area contributed by atoms with Crippen molar-refractivity contribution in [1.82, 2.24) is 5.32 Å². The first-order chi connectivity index (χ1) is 9.00. The number of hydrogen-bond acceptors (Lipinski definition) is 2. The van der Waals surface area contributed by atoms with Crippen LogP contribution in [0.25, 0.3) is 0 Å². The zero-order valence-corrected chi connectivity index (χ0v) is 14.2. The van der Waals surface area contributed by atoms with E-state index in [1.54, 1.807) is 0 Å². The molecule has 1 aliphatic carbocycles. The fourth-order valence-corrected chi connectivity index (χ4v) is 3.02. The summed E-state index contributed by atoms with van der Waals surface area (Å²) in [6.45, 7) is 7.02. The molecule has 0 saturated heterocycles. The lowest BCUT2D eigenvalue weighted by Gasteiger charge is -2.28. The van der Waals surface area contributed by atoms with Crippen LogP contribution in [0.2, 0.25) is 0 Å². The second-order valence-electron chi connectivity index (χ2n) is 6.65. The molecule has 1 fully saturated rings. The number of amides is 1. The second kappa shape index (κ2) is 10.4. The van der Waals surface area contributed by atoms with E-state index in [9.17, 15) is 4.79 Å². The van der Waals surface area contributed by atoms with Crippen molar-refractivity contribution < 1.29 is 4.79 Å². The quantitative estimate of drug-likeness (QED) is 0.756. The van der Waals surface area contributed by atoms with Crippen molar-refractivity contribution in [3.63, 3.8) is 0 Å². The van der Waals surface area contributed by atoms with E-state index >= 15 is 0 Å². The van der Waals surface area contributed by atoms with Crippen LogP contribution >= 0.6 is 12.4 Å². The molecule has 20 heavy (non-hydrogen) atoms. The van der Waals surface area contributed by atoms with Gasteiger partial charge >= 0.3 is 0 Å². The van der Waals surface area contributed by atoms with Gasteiger partial charge in [0.2, 0.25) is 5.91 Å². The first-order valence-electron chi connectivity index (χ1n) is 8.04. The Hall–Kier alpha value is -0.280. The fourth-order valence-electron chi connectivity index (χ4n) is 3.02. The first kappa shape index (κ1) is 19.7. The van der Waals surface area contributed by atoms with Crippen molar-refractivity contribution in [3.8, 4) is 0 Å². The predicted octanol–water partition coefficient (Wildman–Crippen LogP) is 3.50. The molecule has 0 aromatic heterocycles. The van der Waals surface area contributed by atoms with Crippen molar-refractivity contribution in [2.24, 2.45) is 23.5 Å². The molecule has 1 saturated carbocycles. The molecule has 0 aromatic carbocycles. The van der Waals surface area contributed by atoms with Gasteiger partial charge in [0, 0.05) is 18.5 Å². The van der Waals surface area contributed by atoms with Crippen LogP contribution in [-0.2, 0) is 4.79 Å². The highest BCUT2D eigenvalue weighted by Crippen LogP contribution is 2.31. The molecule has 0 spiro atoms. The SMILES string of the molecule is CC(N)CCNC(=O)C(CC1CCCCC1)C(C)C.Cl. The molecule has 0 radical (unpaired) electrons. The summed E-state index contributed by atoms with van der Waals surface area (Å²) >= 11 is 0. The minimum atomic E-state index is 0. The van der Waals surface area contributed by atoms with E-state index in [0.29, 0.717) is 12.5 Å². The topological polar surface area (TPSA) is 55.1 Å². The predicted molar refractivity (Wildman–Crippen MR) is 88.0 cm³/mol. The van der Waals surface area contributed by atoms with Gasteiger partial charge in [0.25, 0.3) is 0 Å². The number of hydrogen-bond donors (Lipinski definition) is 2. The highest BCUT2D eigenvalue weighted by atomic mass is 35.5. The Morgan fingerprint density at radius 2 is 1.80 bits per heavy atom. The maximum atomic E-state index is 12.3. The van der Waals surface area contributed by atoms with Crippen LogP contribution in [0, 0.1) is 17.8 Å². The minimum Gasteiger partial charge on any atom is -0.356 e. The van der Waals surface area contributed by atoms with E-state index < -0.39 is 0 Å². The average Bonchev–Trinajstić information content (AvgIpc) is 2.36. The Kier molecular flexibility index (Phi) is 10.3. The molecule has 1 aliphatic rings. The highest BCUT2D eigenvalue weighted by molar-refractivity contribution is 5.85. The molecule has 0 aliphatic heterocycles. The van der Waals surface area contributed by atoms with E-state index in [1.165, 1.54) is 32.1 Å². The maximum absolute atomic E-state index is 12.3. The molecule has 1 amide bonds. The minimum absolute atomic E-state index is 0. The van der Waals surface area contributed by atoms with Gasteiger partial charge in [-0.3, -0.25) is 4.79 Å². The third-order valence-corrected chi connectivity index (χ3v) is 4.35. The first-order valence-corrected chi connectivity index (χ1v) is 8.04. The van der Waals surface area contributed by atoms with E-state index in [2.05, 4.69) is 19.2 Å². The summed E-state index contributed by atoms with van der Waals surface area (Å²) in [5.74, 6) is 1.61. The van der Waals surface area contributed by atoms with Crippen LogP contribution in [0.1, 0.15) is 65.7 Å². The lowest BCUT2D eigenvalue weighted by Crippen LogP contribution is -2.37. The molecule has 3 nitrogen and oxygen atoms in total. The summed E-state index contributed by atoms with van der Waals surface area (Å²) in [7, 11) is 0. The highest BCUT2D eigenvalue weighted by Gasteiger charge is 2.26. The van der Waals surface area contributed by atoms with E-state index in [4.69, 9.17) is 5.73 Å². The molecule has 2 atom stereocenters. The van der Waals surface area contributed by atoms with Gasteiger partial charge < -0.3 is 11.1 Å². The van der Waals surface area contributed by atoms with Gasteiger partial charge in [0.1, 0.15) is 0 Å². The van der Waals surface area contributed by atoms with Crippen LogP contribution in [0.5, 0.6) is 0 Å². The van der Waals surface area contributed by atoms with Gasteiger partial charge in [-0.05, 0) is 31.6 Å². The van der Waals surface area contributed by atoms with Crippen molar-refractivity contribution >= 4 is 18.3 Å². The monoisotopic (exact) mass is 304 g/mol. The molecule has 120 valence electrons. The molecule has 4 heteroatoms. The van der Waals surface area contributed by atoms with Gasteiger partial charge in [-0.15, -0.1) is 12.4 Å². The van der Waals surface area contributed by atoms with E-state index in [0.717, 1.165) is 18.8 Å². The summed E-state index contributed by atoms with van der Waals surface area (Å²) < 4.78 is 0. The van der Waals surface area contributed by atoms with Crippen LogP contribution in [0.15, 0.2) is 0 Å². The van der Waals surface area contributed by atoms with Gasteiger partial charge in [0.15, 0.2) is 0 Å². The Morgan fingerprint density at radius 1 is 1.20 bits per heavy atom. The zero-order valence-electron chi connectivity index (χ0n) is 13.4. The van der Waals surface area contributed by atoms with Crippen LogP contribution in [-0.4, -0.2) is 18.5 Å². The van der Waals surface area contributed by atoms with Gasteiger partial charge in [-0.2, -0.15) is 0 Å².